The van der Waals surface area contributed by atoms with Gasteiger partial charge in [0.25, 0.3) is 0 Å². The summed E-state index contributed by atoms with van der Waals surface area (Å²) in [7, 11) is 0. The number of nitrogens with two attached hydrogens (primary N) is 1. The van der Waals surface area contributed by atoms with E-state index >= 15 is 0 Å². The lowest BCUT2D eigenvalue weighted by Gasteiger charge is -2.38. The Labute approximate surface area is 112 Å². The molecule has 2 rings (SSSR count). The summed E-state index contributed by atoms with van der Waals surface area (Å²) in [6, 6.07) is 0.700. The molecule has 2 heterocycles. The number of hydrogen-bond acceptors (Lipinski definition) is 4. The van der Waals surface area contributed by atoms with Crippen LogP contribution in [0.2, 0.25) is 0 Å². The van der Waals surface area contributed by atoms with Crippen molar-refractivity contribution in [3.05, 3.63) is 0 Å². The fourth-order valence-corrected chi connectivity index (χ4v) is 3.27. The summed E-state index contributed by atoms with van der Waals surface area (Å²) < 4.78 is 0. The summed E-state index contributed by atoms with van der Waals surface area (Å²) in [5, 5.41) is 0. The molecule has 2 fully saturated rings. The first-order valence-corrected chi connectivity index (χ1v) is 7.72. The lowest BCUT2D eigenvalue weighted by molar-refractivity contribution is 0.0986. The highest BCUT2D eigenvalue weighted by molar-refractivity contribution is 4.82. The average Bonchev–Trinajstić information content (AvgIpc) is 2.93. The molecule has 2 saturated heterocycles. The predicted octanol–water partition coefficient (Wildman–Crippen LogP) is 0.437. The number of likely N-dealkylation sites (tertiary alicyclic amines) is 1. The Morgan fingerprint density at radius 2 is 1.56 bits per heavy atom. The van der Waals surface area contributed by atoms with Crippen molar-refractivity contribution in [2.24, 2.45) is 5.73 Å². The maximum Gasteiger partial charge on any atom is 0.0235 e. The van der Waals surface area contributed by atoms with Crippen molar-refractivity contribution in [3.8, 4) is 0 Å². The molecule has 1 unspecified atom stereocenters. The molecule has 4 nitrogen and oxygen atoms in total. The van der Waals surface area contributed by atoms with Crippen LogP contribution in [0.15, 0.2) is 0 Å². The standard InChI is InChI=1S/C14H30N4/c1-2-16-9-11-17(12-10-16)13-14(5-6-15)18-7-3-4-8-18/h14H,2-13,15H2,1H3. The van der Waals surface area contributed by atoms with Gasteiger partial charge in [-0.05, 0) is 45.4 Å². The summed E-state index contributed by atoms with van der Waals surface area (Å²) in [6.07, 6.45) is 3.92. The van der Waals surface area contributed by atoms with Crippen molar-refractivity contribution in [2.75, 3.05) is 58.9 Å². The summed E-state index contributed by atoms with van der Waals surface area (Å²) in [5.74, 6) is 0. The average molecular weight is 254 g/mol. The molecule has 0 saturated carbocycles. The van der Waals surface area contributed by atoms with Gasteiger partial charge in [0.15, 0.2) is 0 Å². The molecule has 0 radical (unpaired) electrons. The monoisotopic (exact) mass is 254 g/mol. The molecule has 0 aromatic heterocycles. The van der Waals surface area contributed by atoms with Gasteiger partial charge in [-0.2, -0.15) is 0 Å². The van der Waals surface area contributed by atoms with Crippen LogP contribution in [0.1, 0.15) is 26.2 Å². The van der Waals surface area contributed by atoms with E-state index < -0.39 is 0 Å². The lowest BCUT2D eigenvalue weighted by Crippen LogP contribution is -2.51. The molecular weight excluding hydrogens is 224 g/mol. The maximum atomic E-state index is 5.79. The van der Waals surface area contributed by atoms with E-state index in [0.717, 1.165) is 13.0 Å². The van der Waals surface area contributed by atoms with E-state index in [-0.39, 0.29) is 0 Å². The first-order chi connectivity index (χ1) is 8.83. The van der Waals surface area contributed by atoms with E-state index in [0.29, 0.717) is 6.04 Å². The molecule has 4 heteroatoms. The third-order valence-electron chi connectivity index (χ3n) is 4.54. The minimum atomic E-state index is 0.700. The van der Waals surface area contributed by atoms with Crippen LogP contribution in [-0.4, -0.2) is 79.6 Å². The lowest BCUT2D eigenvalue weighted by atomic mass is 10.1. The zero-order chi connectivity index (χ0) is 12.8. The summed E-state index contributed by atoms with van der Waals surface area (Å²) in [4.78, 5) is 7.86. The topological polar surface area (TPSA) is 35.7 Å². The van der Waals surface area contributed by atoms with Gasteiger partial charge in [-0.3, -0.25) is 9.80 Å². The van der Waals surface area contributed by atoms with Gasteiger partial charge >= 0.3 is 0 Å². The number of hydrogen-bond donors (Lipinski definition) is 1. The highest BCUT2D eigenvalue weighted by Crippen LogP contribution is 2.15. The zero-order valence-electron chi connectivity index (χ0n) is 12.0. The molecule has 106 valence electrons. The van der Waals surface area contributed by atoms with Crippen molar-refractivity contribution in [1.82, 2.24) is 14.7 Å². The molecule has 1 atom stereocenters. The molecule has 2 aliphatic heterocycles. The Kier molecular flexibility index (Phi) is 5.89. The van der Waals surface area contributed by atoms with E-state index in [1.54, 1.807) is 0 Å². The minimum Gasteiger partial charge on any atom is -0.330 e. The van der Waals surface area contributed by atoms with Crippen molar-refractivity contribution in [3.63, 3.8) is 0 Å². The quantitative estimate of drug-likeness (QED) is 0.746. The van der Waals surface area contributed by atoms with Crippen LogP contribution in [-0.2, 0) is 0 Å². The van der Waals surface area contributed by atoms with Crippen LogP contribution in [0.25, 0.3) is 0 Å². The summed E-state index contributed by atoms with van der Waals surface area (Å²) >= 11 is 0. The zero-order valence-corrected chi connectivity index (χ0v) is 12.0. The maximum absolute atomic E-state index is 5.79. The van der Waals surface area contributed by atoms with E-state index in [1.807, 2.05) is 0 Å². The SMILES string of the molecule is CCN1CCN(CC(CCN)N2CCCC2)CC1. The Balaban J connectivity index is 1.77. The van der Waals surface area contributed by atoms with Crippen LogP contribution < -0.4 is 5.73 Å². The largest absolute Gasteiger partial charge is 0.330 e. The second kappa shape index (κ2) is 7.43. The molecule has 0 spiro atoms. The Hall–Kier alpha value is -0.160. The number of rotatable bonds is 6. The van der Waals surface area contributed by atoms with E-state index in [2.05, 4.69) is 21.6 Å². The van der Waals surface area contributed by atoms with Crippen LogP contribution in [0.5, 0.6) is 0 Å². The molecule has 0 amide bonds. The normalized spacial score (nSPS) is 25.7. The molecule has 0 bridgehead atoms. The summed E-state index contributed by atoms with van der Waals surface area (Å²) in [6.45, 7) is 13.1. The molecular formula is C14H30N4. The van der Waals surface area contributed by atoms with Gasteiger partial charge in [-0.1, -0.05) is 6.92 Å². The molecule has 0 aromatic rings. The number of likely N-dealkylation sites (N-methyl/N-ethyl adjacent to an activating group) is 1. The van der Waals surface area contributed by atoms with Gasteiger partial charge < -0.3 is 10.6 Å². The smallest absolute Gasteiger partial charge is 0.0235 e. The van der Waals surface area contributed by atoms with E-state index in [4.69, 9.17) is 5.73 Å². The van der Waals surface area contributed by atoms with Gasteiger partial charge in [0.1, 0.15) is 0 Å². The Bertz CT molecular complexity index is 220. The molecule has 18 heavy (non-hydrogen) atoms. The highest BCUT2D eigenvalue weighted by Gasteiger charge is 2.25. The van der Waals surface area contributed by atoms with Gasteiger partial charge in [-0.15, -0.1) is 0 Å². The second-order valence-corrected chi connectivity index (χ2v) is 5.71. The summed E-state index contributed by atoms with van der Waals surface area (Å²) in [5.41, 5.74) is 5.79. The van der Waals surface area contributed by atoms with Crippen molar-refractivity contribution >= 4 is 0 Å². The van der Waals surface area contributed by atoms with Crippen LogP contribution in [0, 0.1) is 0 Å². The van der Waals surface area contributed by atoms with Gasteiger partial charge in [0.05, 0.1) is 0 Å². The van der Waals surface area contributed by atoms with Gasteiger partial charge in [0.2, 0.25) is 0 Å². The third-order valence-corrected chi connectivity index (χ3v) is 4.54. The number of piperazine rings is 1. The minimum absolute atomic E-state index is 0.700. The van der Waals surface area contributed by atoms with Crippen molar-refractivity contribution in [1.29, 1.82) is 0 Å². The van der Waals surface area contributed by atoms with E-state index in [9.17, 15) is 0 Å². The first-order valence-electron chi connectivity index (χ1n) is 7.72. The van der Waals surface area contributed by atoms with Crippen LogP contribution in [0.3, 0.4) is 0 Å². The van der Waals surface area contributed by atoms with E-state index in [1.165, 1.54) is 65.2 Å². The molecule has 0 aliphatic carbocycles. The fraction of sp³-hybridized carbons (Fsp3) is 1.00. The molecule has 2 aliphatic rings. The van der Waals surface area contributed by atoms with Crippen LogP contribution in [0.4, 0.5) is 0 Å². The second-order valence-electron chi connectivity index (χ2n) is 5.71. The number of nitrogens with zero attached hydrogens (tertiary/aromatic N) is 3. The molecule has 2 N–H and O–H groups in total. The Morgan fingerprint density at radius 3 is 2.11 bits per heavy atom. The fourth-order valence-electron chi connectivity index (χ4n) is 3.27. The van der Waals surface area contributed by atoms with Gasteiger partial charge in [-0.25, -0.2) is 0 Å². The van der Waals surface area contributed by atoms with Crippen molar-refractivity contribution in [2.45, 2.75) is 32.2 Å². The first kappa shape index (κ1) is 14.3. The third kappa shape index (κ3) is 3.92. The van der Waals surface area contributed by atoms with Crippen LogP contribution >= 0.6 is 0 Å². The van der Waals surface area contributed by atoms with Crippen molar-refractivity contribution < 1.29 is 0 Å². The predicted molar refractivity (Wildman–Crippen MR) is 76.8 cm³/mol. The molecule has 0 aromatic carbocycles. The Morgan fingerprint density at radius 1 is 0.944 bits per heavy atom. The highest BCUT2D eigenvalue weighted by atomic mass is 15.3. The van der Waals surface area contributed by atoms with Gasteiger partial charge in [0, 0.05) is 38.8 Å².